The molecule has 1 amide bonds. The van der Waals surface area contributed by atoms with Crippen LogP contribution in [0.15, 0.2) is 18.3 Å². The predicted octanol–water partition coefficient (Wildman–Crippen LogP) is 1.50. The molecule has 2 rings (SSSR count). The number of halogens is 1. The fraction of sp³-hybridized carbons (Fsp3) is 0.538. The van der Waals surface area contributed by atoms with Crippen molar-refractivity contribution in [2.45, 2.75) is 31.6 Å². The molecule has 1 unspecified atom stereocenters. The van der Waals surface area contributed by atoms with Gasteiger partial charge in [0.1, 0.15) is 11.3 Å². The van der Waals surface area contributed by atoms with Gasteiger partial charge in [-0.05, 0) is 37.3 Å². The van der Waals surface area contributed by atoms with E-state index < -0.39 is 22.0 Å². The summed E-state index contributed by atoms with van der Waals surface area (Å²) in [5.41, 5.74) is 0.450. The molecule has 0 radical (unpaired) electrons. The van der Waals surface area contributed by atoms with Crippen LogP contribution in [0.5, 0.6) is 0 Å². The second-order valence-electron chi connectivity index (χ2n) is 5.13. The maximum absolute atomic E-state index is 11.9. The van der Waals surface area contributed by atoms with Gasteiger partial charge in [-0.25, -0.2) is 13.4 Å². The topological polar surface area (TPSA) is 85.4 Å². The second kappa shape index (κ2) is 6.72. The van der Waals surface area contributed by atoms with E-state index >= 15 is 0 Å². The molecule has 1 saturated carbocycles. The van der Waals surface area contributed by atoms with Crippen LogP contribution in [0.3, 0.4) is 0 Å². The Hall–Kier alpha value is -1.18. The number of carbonyl (C=O) groups excluding carboxylic acids is 1. The molecule has 0 saturated heterocycles. The Morgan fingerprint density at radius 2 is 2.24 bits per heavy atom. The Morgan fingerprint density at radius 3 is 2.81 bits per heavy atom. The van der Waals surface area contributed by atoms with Gasteiger partial charge in [0.2, 0.25) is 10.0 Å². The van der Waals surface area contributed by atoms with Crippen LogP contribution in [0.2, 0.25) is 5.15 Å². The highest BCUT2D eigenvalue weighted by atomic mass is 35.5. The van der Waals surface area contributed by atoms with E-state index in [4.69, 9.17) is 16.3 Å². The minimum absolute atomic E-state index is 0.280. The maximum atomic E-state index is 11.9. The molecule has 0 aromatic carbocycles. The Morgan fingerprint density at radius 1 is 1.52 bits per heavy atom. The van der Waals surface area contributed by atoms with Crippen LogP contribution in [0.4, 0.5) is 0 Å². The summed E-state index contributed by atoms with van der Waals surface area (Å²) >= 11 is 5.63. The Kier molecular flexibility index (Phi) is 5.18. The number of amides is 1. The number of hydrogen-bond donors (Lipinski definition) is 1. The summed E-state index contributed by atoms with van der Waals surface area (Å²) in [4.78, 5) is 15.6. The molecule has 1 aromatic rings. The number of pyridine rings is 1. The summed E-state index contributed by atoms with van der Waals surface area (Å²) in [5.74, 6) is -0.479. The molecule has 1 aliphatic rings. The summed E-state index contributed by atoms with van der Waals surface area (Å²) < 4.78 is 31.1. The van der Waals surface area contributed by atoms with Crippen LogP contribution in [-0.2, 0) is 25.3 Å². The zero-order chi connectivity index (χ0) is 15.5. The predicted molar refractivity (Wildman–Crippen MR) is 78.2 cm³/mol. The largest absolute Gasteiger partial charge is 0.368 e. The van der Waals surface area contributed by atoms with Crippen molar-refractivity contribution in [2.24, 2.45) is 5.92 Å². The molecule has 1 N–H and O–H groups in total. The second-order valence-corrected chi connectivity index (χ2v) is 7.24. The summed E-state index contributed by atoms with van der Waals surface area (Å²) in [7, 11) is -3.78. The van der Waals surface area contributed by atoms with Crippen LogP contribution < -0.4 is 4.72 Å². The van der Waals surface area contributed by atoms with Crippen molar-refractivity contribution < 1.29 is 17.9 Å². The van der Waals surface area contributed by atoms with Gasteiger partial charge in [0, 0.05) is 6.20 Å². The molecule has 8 heteroatoms. The highest BCUT2D eigenvalue weighted by Crippen LogP contribution is 2.29. The molecule has 1 heterocycles. The molecule has 1 fully saturated rings. The van der Waals surface area contributed by atoms with Crippen molar-refractivity contribution >= 4 is 27.5 Å². The number of nitrogens with one attached hydrogen (secondary N) is 1. The van der Waals surface area contributed by atoms with Crippen molar-refractivity contribution in [3.05, 3.63) is 29.0 Å². The number of rotatable bonds is 7. The van der Waals surface area contributed by atoms with E-state index in [9.17, 15) is 13.2 Å². The van der Waals surface area contributed by atoms with Gasteiger partial charge in [0.05, 0.1) is 12.4 Å². The number of carbonyl (C=O) groups is 1. The highest BCUT2D eigenvalue weighted by molar-refractivity contribution is 7.89. The van der Waals surface area contributed by atoms with Crippen molar-refractivity contribution in [1.82, 2.24) is 9.71 Å². The lowest BCUT2D eigenvalue weighted by Gasteiger charge is -2.13. The van der Waals surface area contributed by atoms with Crippen molar-refractivity contribution in [3.63, 3.8) is 0 Å². The molecular weight excluding hydrogens is 316 g/mol. The van der Waals surface area contributed by atoms with Crippen LogP contribution in [0, 0.1) is 5.92 Å². The average molecular weight is 333 g/mol. The first kappa shape index (κ1) is 16.2. The van der Waals surface area contributed by atoms with E-state index in [2.05, 4.69) is 4.98 Å². The zero-order valence-corrected chi connectivity index (χ0v) is 13.2. The first-order valence-corrected chi connectivity index (χ1v) is 8.65. The zero-order valence-electron chi connectivity index (χ0n) is 11.6. The van der Waals surface area contributed by atoms with Crippen molar-refractivity contribution in [2.75, 3.05) is 6.61 Å². The lowest BCUT2D eigenvalue weighted by molar-refractivity contribution is -0.130. The lowest BCUT2D eigenvalue weighted by atomic mass is 10.3. The fourth-order valence-electron chi connectivity index (χ4n) is 1.62. The summed E-state index contributed by atoms with van der Waals surface area (Å²) in [6.07, 6.45) is 2.79. The van der Waals surface area contributed by atoms with Crippen LogP contribution in [-0.4, -0.2) is 32.0 Å². The number of sulfonamides is 1. The van der Waals surface area contributed by atoms with Gasteiger partial charge in [-0.3, -0.25) is 9.52 Å². The first-order valence-electron chi connectivity index (χ1n) is 6.62. The summed E-state index contributed by atoms with van der Waals surface area (Å²) in [6, 6.07) is 3.04. The maximum Gasteiger partial charge on any atom is 0.262 e. The van der Waals surface area contributed by atoms with E-state index in [-0.39, 0.29) is 10.9 Å². The van der Waals surface area contributed by atoms with Gasteiger partial charge in [-0.2, -0.15) is 0 Å². The van der Waals surface area contributed by atoms with Crippen molar-refractivity contribution in [1.29, 1.82) is 0 Å². The molecule has 1 atom stereocenters. The third-order valence-electron chi connectivity index (χ3n) is 3.05. The van der Waals surface area contributed by atoms with E-state index in [1.807, 2.05) is 4.72 Å². The first-order chi connectivity index (χ1) is 9.85. The molecule has 1 aromatic heterocycles. The number of ether oxygens (including phenoxy) is 1. The third-order valence-corrected chi connectivity index (χ3v) is 4.50. The minimum atomic E-state index is -3.78. The normalized spacial score (nSPS) is 16.5. The Balaban J connectivity index is 1.86. The van der Waals surface area contributed by atoms with E-state index in [1.54, 1.807) is 6.07 Å². The molecule has 1 aliphatic carbocycles. The minimum Gasteiger partial charge on any atom is -0.368 e. The van der Waals surface area contributed by atoms with Crippen molar-refractivity contribution in [3.8, 4) is 0 Å². The fourth-order valence-corrected chi connectivity index (χ4v) is 2.89. The van der Waals surface area contributed by atoms with E-state index in [0.29, 0.717) is 18.1 Å². The van der Waals surface area contributed by atoms with Gasteiger partial charge in [0.15, 0.2) is 0 Å². The Labute approximate surface area is 128 Å². The Bertz CT molecular complexity index is 599. The highest BCUT2D eigenvalue weighted by Gasteiger charge is 2.25. The average Bonchev–Trinajstić information content (AvgIpc) is 3.22. The number of aromatic nitrogens is 1. The van der Waals surface area contributed by atoms with Crippen LogP contribution >= 0.6 is 11.6 Å². The molecule has 21 heavy (non-hydrogen) atoms. The van der Waals surface area contributed by atoms with Gasteiger partial charge in [0.25, 0.3) is 5.91 Å². The van der Waals surface area contributed by atoms with E-state index in [0.717, 1.165) is 12.8 Å². The molecule has 6 nitrogen and oxygen atoms in total. The molecule has 0 spiro atoms. The molecule has 116 valence electrons. The molecular formula is C13H17ClN2O4S. The third kappa shape index (κ3) is 5.61. The van der Waals surface area contributed by atoms with E-state index in [1.165, 1.54) is 19.2 Å². The van der Waals surface area contributed by atoms with Crippen LogP contribution in [0.25, 0.3) is 0 Å². The molecule has 0 aliphatic heterocycles. The summed E-state index contributed by atoms with van der Waals surface area (Å²) in [5, 5.41) is 0.280. The smallest absolute Gasteiger partial charge is 0.262 e. The summed E-state index contributed by atoms with van der Waals surface area (Å²) in [6.45, 7) is 2.03. The SMILES string of the molecule is CC(OCC1CC1)C(=O)NS(=O)(=O)Cc1ccc(Cl)nc1. The van der Waals surface area contributed by atoms with Gasteiger partial charge in [-0.1, -0.05) is 17.7 Å². The van der Waals surface area contributed by atoms with Gasteiger partial charge < -0.3 is 4.74 Å². The van der Waals surface area contributed by atoms with Gasteiger partial charge >= 0.3 is 0 Å². The van der Waals surface area contributed by atoms with Crippen LogP contribution in [0.1, 0.15) is 25.3 Å². The monoisotopic (exact) mass is 332 g/mol. The standard InChI is InChI=1S/C13H17ClN2O4S/c1-9(20-7-10-2-3-10)13(17)16-21(18,19)8-11-4-5-12(14)15-6-11/h4-6,9-10H,2-3,7-8H2,1H3,(H,16,17). The van der Waals surface area contributed by atoms with Gasteiger partial charge in [-0.15, -0.1) is 0 Å². The molecule has 0 bridgehead atoms. The number of nitrogens with zero attached hydrogens (tertiary/aromatic N) is 1. The quantitative estimate of drug-likeness (QED) is 0.765. The lowest BCUT2D eigenvalue weighted by Crippen LogP contribution is -2.39. The number of hydrogen-bond acceptors (Lipinski definition) is 5.